The Bertz CT molecular complexity index is 690. The largest absolute Gasteiger partial charge is 0.508 e. The molecule has 1 aliphatic rings. The van der Waals surface area contributed by atoms with Gasteiger partial charge in [-0.3, -0.25) is 4.79 Å². The normalized spacial score (nSPS) is 14.6. The van der Waals surface area contributed by atoms with Gasteiger partial charge in [-0.05, 0) is 40.9 Å². The van der Waals surface area contributed by atoms with Gasteiger partial charge in [-0.15, -0.1) is 0 Å². The van der Waals surface area contributed by atoms with E-state index in [4.69, 9.17) is 0 Å². The summed E-state index contributed by atoms with van der Waals surface area (Å²) in [5, 5.41) is 9.40. The van der Waals surface area contributed by atoms with Crippen LogP contribution >= 0.6 is 15.9 Å². The average molecular weight is 325 g/mol. The van der Waals surface area contributed by atoms with Crippen molar-refractivity contribution in [2.24, 2.45) is 0 Å². The monoisotopic (exact) mass is 324 g/mol. The third-order valence-electron chi connectivity index (χ3n) is 3.01. The van der Waals surface area contributed by atoms with Gasteiger partial charge in [-0.2, -0.15) is 0 Å². The lowest BCUT2D eigenvalue weighted by Crippen LogP contribution is -2.13. The van der Waals surface area contributed by atoms with E-state index < -0.39 is 5.82 Å². The first-order valence-corrected chi connectivity index (χ1v) is 6.63. The van der Waals surface area contributed by atoms with Crippen LogP contribution in [-0.4, -0.2) is 15.1 Å². The Hall–Kier alpha value is -1.69. The maximum absolute atomic E-state index is 13.3. The molecule has 1 aliphatic carbocycles. The Labute approximate surface area is 116 Å². The van der Waals surface area contributed by atoms with Crippen LogP contribution in [0.2, 0.25) is 0 Å². The van der Waals surface area contributed by atoms with Crippen LogP contribution in [0.4, 0.5) is 4.39 Å². The average Bonchev–Trinajstić information content (AvgIpc) is 3.15. The van der Waals surface area contributed by atoms with Gasteiger partial charge < -0.3 is 10.1 Å². The fourth-order valence-corrected chi connectivity index (χ4v) is 2.46. The quantitative estimate of drug-likeness (QED) is 0.892. The Kier molecular flexibility index (Phi) is 2.89. The number of H-pyrrole nitrogens is 1. The Morgan fingerprint density at radius 1 is 1.37 bits per heavy atom. The number of rotatable bonds is 2. The van der Waals surface area contributed by atoms with Gasteiger partial charge in [-0.25, -0.2) is 9.37 Å². The maximum Gasteiger partial charge on any atom is 0.265 e. The summed E-state index contributed by atoms with van der Waals surface area (Å²) < 4.78 is 13.7. The van der Waals surface area contributed by atoms with Crippen molar-refractivity contribution in [1.82, 2.24) is 9.97 Å². The second kappa shape index (κ2) is 4.45. The highest BCUT2D eigenvalue weighted by atomic mass is 79.9. The van der Waals surface area contributed by atoms with Crippen molar-refractivity contribution in [3.8, 4) is 17.1 Å². The van der Waals surface area contributed by atoms with E-state index in [0.717, 1.165) is 18.9 Å². The number of phenols is 1. The molecule has 0 unspecified atom stereocenters. The lowest BCUT2D eigenvalue weighted by atomic mass is 10.2. The number of aromatic hydroxyl groups is 1. The molecule has 1 fully saturated rings. The molecule has 1 aromatic heterocycles. The van der Waals surface area contributed by atoms with Crippen molar-refractivity contribution in [3.63, 3.8) is 0 Å². The Balaban J connectivity index is 2.17. The molecule has 4 nitrogen and oxygen atoms in total. The van der Waals surface area contributed by atoms with Crippen molar-refractivity contribution >= 4 is 15.9 Å². The van der Waals surface area contributed by atoms with Crippen molar-refractivity contribution in [2.45, 2.75) is 18.8 Å². The molecule has 6 heteroatoms. The van der Waals surface area contributed by atoms with E-state index in [1.165, 1.54) is 12.1 Å². The molecule has 0 radical (unpaired) electrons. The summed E-state index contributed by atoms with van der Waals surface area (Å²) in [5.74, 6) is -0.218. The van der Waals surface area contributed by atoms with Crippen LogP contribution in [0, 0.1) is 5.82 Å². The SMILES string of the molecule is O=c1[nH]c(-c2cc(O)cc(F)c2)nc(C2CC2)c1Br. The minimum atomic E-state index is -0.575. The van der Waals surface area contributed by atoms with E-state index in [0.29, 0.717) is 15.7 Å². The highest BCUT2D eigenvalue weighted by Gasteiger charge is 2.29. The maximum atomic E-state index is 13.3. The molecule has 2 aromatic rings. The fourth-order valence-electron chi connectivity index (χ4n) is 1.95. The number of nitrogens with zero attached hydrogens (tertiary/aromatic N) is 1. The van der Waals surface area contributed by atoms with Gasteiger partial charge in [-0.1, -0.05) is 0 Å². The van der Waals surface area contributed by atoms with Crippen LogP contribution in [0.25, 0.3) is 11.4 Å². The Morgan fingerprint density at radius 3 is 2.74 bits per heavy atom. The predicted octanol–water partition coefficient (Wildman–Crippen LogP) is 2.92. The van der Waals surface area contributed by atoms with E-state index in [-0.39, 0.29) is 23.1 Å². The van der Waals surface area contributed by atoms with Gasteiger partial charge in [0, 0.05) is 17.5 Å². The first-order chi connectivity index (χ1) is 9.04. The van der Waals surface area contributed by atoms with E-state index in [2.05, 4.69) is 25.9 Å². The number of halogens is 2. The summed E-state index contributed by atoms with van der Waals surface area (Å²) in [6.45, 7) is 0. The first kappa shape index (κ1) is 12.3. The lowest BCUT2D eigenvalue weighted by molar-refractivity contribution is 0.469. The number of aromatic nitrogens is 2. The van der Waals surface area contributed by atoms with E-state index >= 15 is 0 Å². The third kappa shape index (κ3) is 2.40. The number of hydrogen-bond acceptors (Lipinski definition) is 3. The molecule has 1 heterocycles. The number of hydrogen-bond donors (Lipinski definition) is 2. The lowest BCUT2D eigenvalue weighted by Gasteiger charge is -2.06. The van der Waals surface area contributed by atoms with Gasteiger partial charge >= 0.3 is 0 Å². The van der Waals surface area contributed by atoms with Crippen molar-refractivity contribution in [2.75, 3.05) is 0 Å². The van der Waals surface area contributed by atoms with Crippen LogP contribution in [0.5, 0.6) is 5.75 Å². The smallest absolute Gasteiger partial charge is 0.265 e. The molecular weight excluding hydrogens is 315 g/mol. The first-order valence-electron chi connectivity index (χ1n) is 5.84. The molecule has 0 spiro atoms. The zero-order valence-electron chi connectivity index (χ0n) is 9.78. The summed E-state index contributed by atoms with van der Waals surface area (Å²) in [6.07, 6.45) is 2.01. The molecule has 0 saturated heterocycles. The van der Waals surface area contributed by atoms with Gasteiger partial charge in [0.1, 0.15) is 21.9 Å². The Morgan fingerprint density at radius 2 is 2.11 bits per heavy atom. The molecule has 98 valence electrons. The summed E-state index contributed by atoms with van der Waals surface area (Å²) in [7, 11) is 0. The summed E-state index contributed by atoms with van der Waals surface area (Å²) in [5.41, 5.74) is 0.752. The highest BCUT2D eigenvalue weighted by Crippen LogP contribution is 2.41. The van der Waals surface area contributed by atoms with Gasteiger partial charge in [0.2, 0.25) is 0 Å². The summed E-state index contributed by atoms with van der Waals surface area (Å²) in [4.78, 5) is 18.8. The summed E-state index contributed by atoms with van der Waals surface area (Å²) in [6, 6.07) is 3.59. The van der Waals surface area contributed by atoms with E-state index in [9.17, 15) is 14.3 Å². The summed E-state index contributed by atoms with van der Waals surface area (Å²) >= 11 is 3.23. The number of benzene rings is 1. The zero-order valence-corrected chi connectivity index (χ0v) is 11.4. The molecule has 0 bridgehead atoms. The van der Waals surface area contributed by atoms with Crippen molar-refractivity contribution in [1.29, 1.82) is 0 Å². The van der Waals surface area contributed by atoms with Gasteiger partial charge in [0.25, 0.3) is 5.56 Å². The van der Waals surface area contributed by atoms with Crippen LogP contribution in [0.15, 0.2) is 27.5 Å². The molecule has 0 atom stereocenters. The molecule has 19 heavy (non-hydrogen) atoms. The third-order valence-corrected chi connectivity index (χ3v) is 3.77. The zero-order chi connectivity index (χ0) is 13.6. The number of phenolic OH excluding ortho intramolecular Hbond substituents is 1. The van der Waals surface area contributed by atoms with E-state index in [1.807, 2.05) is 0 Å². The van der Waals surface area contributed by atoms with Crippen LogP contribution in [-0.2, 0) is 0 Å². The number of nitrogens with one attached hydrogen (secondary N) is 1. The van der Waals surface area contributed by atoms with Crippen LogP contribution in [0.1, 0.15) is 24.5 Å². The minimum Gasteiger partial charge on any atom is -0.508 e. The molecule has 1 saturated carbocycles. The van der Waals surface area contributed by atoms with E-state index in [1.54, 1.807) is 0 Å². The second-order valence-electron chi connectivity index (χ2n) is 4.59. The van der Waals surface area contributed by atoms with Crippen LogP contribution in [0.3, 0.4) is 0 Å². The molecule has 0 amide bonds. The fraction of sp³-hybridized carbons (Fsp3) is 0.231. The predicted molar refractivity (Wildman–Crippen MR) is 71.6 cm³/mol. The number of aromatic amines is 1. The highest BCUT2D eigenvalue weighted by molar-refractivity contribution is 9.10. The van der Waals surface area contributed by atoms with Crippen molar-refractivity contribution < 1.29 is 9.50 Å². The standard InChI is InChI=1S/C13H10BrFN2O2/c14-10-11(6-1-2-6)16-12(17-13(10)19)7-3-8(15)5-9(18)4-7/h3-6,18H,1-2H2,(H,16,17,19). The molecular formula is C13H10BrFN2O2. The second-order valence-corrected chi connectivity index (χ2v) is 5.38. The molecule has 2 N–H and O–H groups in total. The van der Waals surface area contributed by atoms with Crippen molar-refractivity contribution in [3.05, 3.63) is 44.5 Å². The van der Waals surface area contributed by atoms with Gasteiger partial charge in [0.05, 0.1) is 5.69 Å². The molecule has 1 aromatic carbocycles. The van der Waals surface area contributed by atoms with Gasteiger partial charge in [0.15, 0.2) is 0 Å². The molecule has 0 aliphatic heterocycles. The van der Waals surface area contributed by atoms with Crippen LogP contribution < -0.4 is 5.56 Å². The minimum absolute atomic E-state index is 0.200. The molecule has 3 rings (SSSR count). The topological polar surface area (TPSA) is 66.0 Å².